The number of fused-ring (bicyclic) bond motifs is 3. The number of phenols is 2. The second-order valence-corrected chi connectivity index (χ2v) is 11.5. The quantitative estimate of drug-likeness (QED) is 0.337. The number of ketones is 3. The summed E-state index contributed by atoms with van der Waals surface area (Å²) < 4.78 is 17.9. The average Bonchev–Trinajstić information content (AvgIpc) is 2.95. The van der Waals surface area contributed by atoms with Gasteiger partial charge in [-0.1, -0.05) is 24.3 Å². The van der Waals surface area contributed by atoms with Crippen molar-refractivity contribution in [3.05, 3.63) is 57.6 Å². The molecule has 5 N–H and O–H groups in total. The van der Waals surface area contributed by atoms with Crippen LogP contribution in [0.5, 0.6) is 11.5 Å². The topological polar surface area (TPSA) is 169 Å². The number of aliphatic hydroxyl groups is 1. The smallest absolute Gasteiger partial charge is 0.198 e. The molecule has 2 saturated heterocycles. The van der Waals surface area contributed by atoms with E-state index in [1.807, 2.05) is 0 Å². The van der Waals surface area contributed by atoms with Crippen LogP contribution in [0.3, 0.4) is 0 Å². The van der Waals surface area contributed by atoms with Gasteiger partial charge in [0, 0.05) is 60.6 Å². The van der Waals surface area contributed by atoms with E-state index < -0.39 is 53.2 Å². The van der Waals surface area contributed by atoms with Gasteiger partial charge in [0.1, 0.15) is 17.3 Å². The molecule has 2 heterocycles. The predicted molar refractivity (Wildman–Crippen MR) is 144 cm³/mol. The van der Waals surface area contributed by atoms with E-state index in [2.05, 4.69) is 4.90 Å². The highest BCUT2D eigenvalue weighted by atomic mass is 16.7. The number of nitrogens with two attached hydrogens (primary N) is 1. The third-order valence-corrected chi connectivity index (χ3v) is 9.03. The van der Waals surface area contributed by atoms with E-state index in [1.165, 1.54) is 19.1 Å². The number of nitrogens with zero attached hydrogens (tertiary/aromatic N) is 1. The van der Waals surface area contributed by atoms with Crippen LogP contribution in [0.4, 0.5) is 0 Å². The number of ether oxygens (including phenoxy) is 3. The summed E-state index contributed by atoms with van der Waals surface area (Å²) in [6.45, 7) is 5.45. The summed E-state index contributed by atoms with van der Waals surface area (Å²) >= 11 is 0. The van der Waals surface area contributed by atoms with Gasteiger partial charge in [0.2, 0.25) is 0 Å². The molecule has 11 heteroatoms. The molecule has 4 aliphatic rings. The van der Waals surface area contributed by atoms with Crippen molar-refractivity contribution in [1.29, 1.82) is 0 Å². The molecule has 0 spiro atoms. The Kier molecular flexibility index (Phi) is 7.00. The van der Waals surface area contributed by atoms with Crippen molar-refractivity contribution in [3.8, 4) is 11.5 Å². The number of hydrogen-bond donors (Lipinski definition) is 4. The van der Waals surface area contributed by atoms with Gasteiger partial charge in [-0.25, -0.2) is 0 Å². The van der Waals surface area contributed by atoms with E-state index in [0.717, 1.165) is 0 Å². The highest BCUT2D eigenvalue weighted by Crippen LogP contribution is 2.51. The second kappa shape index (κ2) is 10.3. The number of carbonyl (C=O) groups excluding carboxylic acids is 3. The van der Waals surface area contributed by atoms with Crippen LogP contribution >= 0.6 is 0 Å². The van der Waals surface area contributed by atoms with E-state index in [1.54, 1.807) is 19.1 Å². The van der Waals surface area contributed by atoms with E-state index in [9.17, 15) is 29.7 Å². The number of rotatable bonds is 4. The van der Waals surface area contributed by atoms with Gasteiger partial charge in [-0.15, -0.1) is 0 Å². The summed E-state index contributed by atoms with van der Waals surface area (Å²) in [5.74, 6) is -2.54. The molecule has 0 bridgehead atoms. The number of benzene rings is 2. The molecule has 2 aromatic carbocycles. The van der Waals surface area contributed by atoms with E-state index in [4.69, 9.17) is 19.9 Å². The molecule has 2 aromatic rings. The Bertz CT molecular complexity index is 1440. The Morgan fingerprint density at radius 1 is 1.07 bits per heavy atom. The molecule has 218 valence electrons. The number of phenolic OH excluding ortho intramolecular Hbond substituents is 2. The first-order chi connectivity index (χ1) is 19.5. The minimum absolute atomic E-state index is 0.0567. The molecule has 0 radical (unpaired) electrons. The Morgan fingerprint density at radius 2 is 1.68 bits per heavy atom. The normalized spacial score (nSPS) is 31.8. The minimum atomic E-state index is -1.47. The highest BCUT2D eigenvalue weighted by Gasteiger charge is 2.49. The summed E-state index contributed by atoms with van der Waals surface area (Å²) in [5, 5.41) is 33.9. The number of hydrogen-bond acceptors (Lipinski definition) is 11. The number of aliphatic hydroxyl groups excluding tert-OH is 1. The van der Waals surface area contributed by atoms with Gasteiger partial charge < -0.3 is 35.3 Å². The van der Waals surface area contributed by atoms with Crippen LogP contribution in [0.1, 0.15) is 75.8 Å². The van der Waals surface area contributed by atoms with Crippen LogP contribution < -0.4 is 5.73 Å². The van der Waals surface area contributed by atoms with Crippen LogP contribution in [0.2, 0.25) is 0 Å². The molecule has 41 heavy (non-hydrogen) atoms. The van der Waals surface area contributed by atoms with Crippen molar-refractivity contribution in [3.63, 3.8) is 0 Å². The summed E-state index contributed by atoms with van der Waals surface area (Å²) in [5.41, 5.74) is 4.91. The lowest BCUT2D eigenvalue weighted by Gasteiger charge is -2.46. The first-order valence-electron chi connectivity index (χ1n) is 13.9. The first-order valence-corrected chi connectivity index (χ1v) is 13.9. The molecule has 0 amide bonds. The zero-order chi connectivity index (χ0) is 29.2. The summed E-state index contributed by atoms with van der Waals surface area (Å²) in [7, 11) is 0. The Hall–Kier alpha value is -3.19. The van der Waals surface area contributed by atoms with Crippen LogP contribution in [0, 0.1) is 0 Å². The molecule has 11 nitrogen and oxygen atoms in total. The third kappa shape index (κ3) is 4.48. The zero-order valence-corrected chi connectivity index (χ0v) is 23.0. The molecule has 0 aromatic heterocycles. The lowest BCUT2D eigenvalue weighted by molar-refractivity contribution is -0.257. The molecule has 6 rings (SSSR count). The van der Waals surface area contributed by atoms with Crippen molar-refractivity contribution in [1.82, 2.24) is 4.90 Å². The van der Waals surface area contributed by atoms with Crippen LogP contribution in [-0.2, 0) is 25.4 Å². The van der Waals surface area contributed by atoms with Gasteiger partial charge >= 0.3 is 0 Å². The molecule has 0 unspecified atom stereocenters. The van der Waals surface area contributed by atoms with Crippen molar-refractivity contribution >= 4 is 17.3 Å². The Morgan fingerprint density at radius 3 is 2.29 bits per heavy atom. The Balaban J connectivity index is 1.42. The maximum Gasteiger partial charge on any atom is 0.198 e. The van der Waals surface area contributed by atoms with Crippen LogP contribution in [-0.4, -0.2) is 94.0 Å². The third-order valence-electron chi connectivity index (χ3n) is 9.03. The number of morpholine rings is 1. The summed E-state index contributed by atoms with van der Waals surface area (Å²) in [6.07, 6.45) is -3.20. The average molecular weight is 567 g/mol. The maximum absolute atomic E-state index is 13.5. The van der Waals surface area contributed by atoms with Crippen molar-refractivity contribution in [2.45, 2.75) is 69.3 Å². The maximum atomic E-state index is 13.5. The van der Waals surface area contributed by atoms with E-state index in [0.29, 0.717) is 26.3 Å². The molecular weight excluding hydrogens is 532 g/mol. The number of aromatic hydroxyl groups is 2. The van der Waals surface area contributed by atoms with Crippen LogP contribution in [0.15, 0.2) is 24.3 Å². The zero-order valence-electron chi connectivity index (χ0n) is 23.0. The number of Topliss-reactive ketones (excluding diaryl/α,β-unsaturated/α-hetero) is 1. The van der Waals surface area contributed by atoms with Gasteiger partial charge in [-0.05, 0) is 13.8 Å². The SMILES string of the molecule is CC(=O)[C@]1(N)Cc2c(O)c3c(c(O)c2[C@@H](O[C@H]2C[C@H](N4CCOCC4)[C@H](O)[C@H](C)O2)C1)C(=O)c1ccccc1C3=O. The van der Waals surface area contributed by atoms with Gasteiger partial charge in [0.25, 0.3) is 0 Å². The fraction of sp³-hybridized carbons (Fsp3) is 0.500. The molecule has 2 fully saturated rings. The lowest BCUT2D eigenvalue weighted by Crippen LogP contribution is -2.58. The first kappa shape index (κ1) is 28.0. The van der Waals surface area contributed by atoms with E-state index in [-0.39, 0.29) is 64.5 Å². The van der Waals surface area contributed by atoms with Crippen molar-refractivity contribution in [2.75, 3.05) is 26.3 Å². The predicted octanol–water partition coefficient (Wildman–Crippen LogP) is 1.36. The number of carbonyl (C=O) groups is 3. The fourth-order valence-corrected chi connectivity index (χ4v) is 6.68. The van der Waals surface area contributed by atoms with E-state index >= 15 is 0 Å². The Labute approximate surface area is 236 Å². The summed E-state index contributed by atoms with van der Waals surface area (Å²) in [4.78, 5) is 41.9. The summed E-state index contributed by atoms with van der Waals surface area (Å²) in [6, 6.07) is 5.93. The highest BCUT2D eigenvalue weighted by molar-refractivity contribution is 6.30. The van der Waals surface area contributed by atoms with Crippen molar-refractivity contribution < 1.29 is 43.9 Å². The van der Waals surface area contributed by atoms with Gasteiger partial charge in [0.05, 0.1) is 48.2 Å². The second-order valence-electron chi connectivity index (χ2n) is 11.5. The van der Waals surface area contributed by atoms with Gasteiger partial charge in [0.15, 0.2) is 17.9 Å². The largest absolute Gasteiger partial charge is 0.507 e. The standard InChI is InChI=1S/C30H34N2O9/c1-14-25(34)19(32-7-9-39-10-8-32)11-21(40-14)41-20-13-30(31,15(2)33)12-18-22(20)29(38)24-23(28(18)37)26(35)16-5-3-4-6-17(16)27(24)36/h3-6,14,19-21,25,34,37-38H,7-13,31H2,1-2H3/t14-,19-,20-,21-,25+,30-/m0/s1. The fourth-order valence-electron chi connectivity index (χ4n) is 6.68. The minimum Gasteiger partial charge on any atom is -0.507 e. The molecular formula is C30H34N2O9. The monoisotopic (exact) mass is 566 g/mol. The molecule has 2 aliphatic carbocycles. The molecule has 6 atom stereocenters. The van der Waals surface area contributed by atoms with Crippen LogP contribution in [0.25, 0.3) is 0 Å². The lowest BCUT2D eigenvalue weighted by atomic mass is 9.71. The van der Waals surface area contributed by atoms with Gasteiger partial charge in [-0.2, -0.15) is 0 Å². The van der Waals surface area contributed by atoms with Crippen molar-refractivity contribution in [2.24, 2.45) is 5.73 Å². The molecule has 2 aliphatic heterocycles. The van der Waals surface area contributed by atoms with Gasteiger partial charge in [-0.3, -0.25) is 19.3 Å². The molecule has 0 saturated carbocycles.